The van der Waals surface area contributed by atoms with Gasteiger partial charge in [-0.15, -0.1) is 5.10 Å². The highest BCUT2D eigenvalue weighted by Gasteiger charge is 2.15. The van der Waals surface area contributed by atoms with Gasteiger partial charge in [-0.3, -0.25) is 4.79 Å². The van der Waals surface area contributed by atoms with Crippen molar-refractivity contribution in [1.82, 2.24) is 20.1 Å². The first-order chi connectivity index (χ1) is 15.2. The van der Waals surface area contributed by atoms with E-state index in [2.05, 4.69) is 15.4 Å². The van der Waals surface area contributed by atoms with Gasteiger partial charge in [-0.1, -0.05) is 90.1 Å². The van der Waals surface area contributed by atoms with E-state index >= 15 is 0 Å². The van der Waals surface area contributed by atoms with Crippen molar-refractivity contribution in [2.75, 3.05) is 12.3 Å². The molecule has 1 N–H and O–H groups in total. The fourth-order valence-electron chi connectivity index (χ4n) is 3.10. The molecule has 31 heavy (non-hydrogen) atoms. The van der Waals surface area contributed by atoms with Gasteiger partial charge in [0, 0.05) is 17.1 Å². The topological polar surface area (TPSA) is 59.8 Å². The van der Waals surface area contributed by atoms with Gasteiger partial charge in [0.25, 0.3) is 0 Å². The lowest BCUT2D eigenvalue weighted by Crippen LogP contribution is -2.27. The number of carbonyl (C=O) groups is 1. The zero-order chi connectivity index (χ0) is 21.5. The number of halogens is 1. The van der Waals surface area contributed by atoms with Crippen LogP contribution in [0.5, 0.6) is 0 Å². The number of rotatable bonds is 8. The Kier molecular flexibility index (Phi) is 7.02. The number of hydrogen-bond acceptors (Lipinski definition) is 4. The van der Waals surface area contributed by atoms with Crippen molar-refractivity contribution < 1.29 is 4.79 Å². The van der Waals surface area contributed by atoms with Crippen LogP contribution in [0.1, 0.15) is 5.56 Å². The summed E-state index contributed by atoms with van der Waals surface area (Å²) in [5.74, 6) is 0.929. The van der Waals surface area contributed by atoms with Crippen molar-refractivity contribution in [2.45, 2.75) is 11.6 Å². The van der Waals surface area contributed by atoms with Crippen LogP contribution in [0.4, 0.5) is 0 Å². The number of carbonyl (C=O) groups excluding carboxylic acids is 1. The molecule has 5 nitrogen and oxygen atoms in total. The Morgan fingerprint density at radius 3 is 2.35 bits per heavy atom. The van der Waals surface area contributed by atoms with Gasteiger partial charge in [0.2, 0.25) is 11.1 Å². The van der Waals surface area contributed by atoms with E-state index in [4.69, 9.17) is 11.6 Å². The van der Waals surface area contributed by atoms with Gasteiger partial charge in [-0.2, -0.15) is 0 Å². The van der Waals surface area contributed by atoms with Gasteiger partial charge >= 0.3 is 0 Å². The van der Waals surface area contributed by atoms with Crippen molar-refractivity contribution in [1.29, 1.82) is 0 Å². The molecule has 7 heteroatoms. The Balaban J connectivity index is 1.41. The summed E-state index contributed by atoms with van der Waals surface area (Å²) in [4.78, 5) is 17.0. The lowest BCUT2D eigenvalue weighted by molar-refractivity contribution is -0.118. The minimum atomic E-state index is -0.0608. The van der Waals surface area contributed by atoms with E-state index in [1.165, 1.54) is 11.8 Å². The molecule has 4 rings (SSSR count). The molecule has 0 bridgehead atoms. The normalized spacial score (nSPS) is 10.7. The average molecular weight is 449 g/mol. The third kappa shape index (κ3) is 5.54. The Bertz CT molecular complexity index is 1090. The van der Waals surface area contributed by atoms with E-state index in [1.807, 2.05) is 89.6 Å². The Morgan fingerprint density at radius 1 is 0.935 bits per heavy atom. The predicted molar refractivity (Wildman–Crippen MR) is 126 cm³/mol. The van der Waals surface area contributed by atoms with Crippen LogP contribution in [-0.4, -0.2) is 33.0 Å². The monoisotopic (exact) mass is 448 g/mol. The zero-order valence-electron chi connectivity index (χ0n) is 16.7. The molecule has 4 aromatic rings. The number of hydrogen-bond donors (Lipinski definition) is 1. The molecule has 0 radical (unpaired) electrons. The van der Waals surface area contributed by atoms with Gasteiger partial charge in [-0.25, -0.2) is 9.67 Å². The van der Waals surface area contributed by atoms with E-state index in [0.717, 1.165) is 27.7 Å². The quantitative estimate of drug-likeness (QED) is 0.384. The van der Waals surface area contributed by atoms with E-state index in [9.17, 15) is 4.79 Å². The number of benzene rings is 3. The Labute approximate surface area is 190 Å². The minimum Gasteiger partial charge on any atom is -0.355 e. The molecule has 0 aliphatic carbocycles. The highest BCUT2D eigenvalue weighted by Crippen LogP contribution is 2.24. The fraction of sp³-hybridized carbons (Fsp3) is 0.125. The average Bonchev–Trinajstić information content (AvgIpc) is 3.25. The summed E-state index contributed by atoms with van der Waals surface area (Å²) >= 11 is 7.48. The highest BCUT2D eigenvalue weighted by atomic mass is 35.5. The maximum atomic E-state index is 12.3. The summed E-state index contributed by atoms with van der Waals surface area (Å²) in [6, 6.07) is 27.4. The van der Waals surface area contributed by atoms with Crippen LogP contribution < -0.4 is 5.32 Å². The zero-order valence-corrected chi connectivity index (χ0v) is 18.3. The standard InChI is InChI=1S/C24H21ClN4OS/c25-21-14-8-7-9-18(21)15-16-26-22(30)17-31-24-27-23(19-10-3-1-4-11-19)29(28-24)20-12-5-2-6-13-20/h1-14H,15-17H2,(H,26,30). The first-order valence-electron chi connectivity index (χ1n) is 9.91. The molecule has 1 aromatic heterocycles. The number of nitrogens with zero attached hydrogens (tertiary/aromatic N) is 3. The van der Waals surface area contributed by atoms with Gasteiger partial charge in [0.1, 0.15) is 0 Å². The van der Waals surface area contributed by atoms with Crippen LogP contribution in [0.3, 0.4) is 0 Å². The van der Waals surface area contributed by atoms with Crippen molar-refractivity contribution in [3.63, 3.8) is 0 Å². The summed E-state index contributed by atoms with van der Waals surface area (Å²) in [7, 11) is 0. The Hall–Kier alpha value is -3.09. The second kappa shape index (κ2) is 10.3. The number of nitrogens with one attached hydrogen (secondary N) is 1. The van der Waals surface area contributed by atoms with Crippen molar-refractivity contribution in [2.24, 2.45) is 0 Å². The van der Waals surface area contributed by atoms with Gasteiger partial charge < -0.3 is 5.32 Å². The maximum Gasteiger partial charge on any atom is 0.230 e. The van der Waals surface area contributed by atoms with Crippen LogP contribution in [-0.2, 0) is 11.2 Å². The van der Waals surface area contributed by atoms with Gasteiger partial charge in [-0.05, 0) is 30.2 Å². The molecular weight excluding hydrogens is 428 g/mol. The molecule has 0 aliphatic rings. The maximum absolute atomic E-state index is 12.3. The van der Waals surface area contributed by atoms with Crippen molar-refractivity contribution in [3.05, 3.63) is 95.5 Å². The van der Waals surface area contributed by atoms with E-state index < -0.39 is 0 Å². The Morgan fingerprint density at radius 2 is 1.61 bits per heavy atom. The molecule has 156 valence electrons. The number of para-hydroxylation sites is 1. The van der Waals surface area contributed by atoms with Crippen LogP contribution in [0.15, 0.2) is 90.1 Å². The first-order valence-corrected chi connectivity index (χ1v) is 11.3. The van der Waals surface area contributed by atoms with Crippen LogP contribution in [0.25, 0.3) is 17.1 Å². The molecule has 0 saturated heterocycles. The molecule has 0 unspecified atom stereocenters. The summed E-state index contributed by atoms with van der Waals surface area (Å²) < 4.78 is 1.81. The number of aromatic nitrogens is 3. The smallest absolute Gasteiger partial charge is 0.230 e. The molecule has 1 amide bonds. The van der Waals surface area contributed by atoms with E-state index in [0.29, 0.717) is 18.1 Å². The SMILES string of the molecule is O=C(CSc1nc(-c2ccccc2)n(-c2ccccc2)n1)NCCc1ccccc1Cl. The second-order valence-electron chi connectivity index (χ2n) is 6.81. The third-order valence-corrected chi connectivity index (χ3v) is 5.83. The minimum absolute atomic E-state index is 0.0608. The summed E-state index contributed by atoms with van der Waals surface area (Å²) in [5, 5.41) is 8.85. The summed E-state index contributed by atoms with van der Waals surface area (Å²) in [6.07, 6.45) is 0.690. The fourth-order valence-corrected chi connectivity index (χ4v) is 3.98. The van der Waals surface area contributed by atoms with Crippen molar-refractivity contribution >= 4 is 29.3 Å². The van der Waals surface area contributed by atoms with E-state index in [1.54, 1.807) is 0 Å². The highest BCUT2D eigenvalue weighted by molar-refractivity contribution is 7.99. The molecule has 3 aromatic carbocycles. The molecular formula is C24H21ClN4OS. The van der Waals surface area contributed by atoms with Crippen LogP contribution in [0.2, 0.25) is 5.02 Å². The molecule has 0 spiro atoms. The second-order valence-corrected chi connectivity index (χ2v) is 8.16. The van der Waals surface area contributed by atoms with Crippen molar-refractivity contribution in [3.8, 4) is 17.1 Å². The summed E-state index contributed by atoms with van der Waals surface area (Å²) in [6.45, 7) is 0.532. The number of amides is 1. The van der Waals surface area contributed by atoms with Crippen LogP contribution >= 0.6 is 23.4 Å². The third-order valence-electron chi connectivity index (χ3n) is 4.63. The first kappa shape index (κ1) is 21.2. The van der Waals surface area contributed by atoms with E-state index in [-0.39, 0.29) is 11.7 Å². The molecule has 1 heterocycles. The largest absolute Gasteiger partial charge is 0.355 e. The summed E-state index contributed by atoms with van der Waals surface area (Å²) in [5.41, 5.74) is 2.91. The molecule has 0 saturated carbocycles. The van der Waals surface area contributed by atoms with Crippen LogP contribution in [0, 0.1) is 0 Å². The predicted octanol–water partition coefficient (Wildman–Crippen LogP) is 5.04. The molecule has 0 fully saturated rings. The lowest BCUT2D eigenvalue weighted by atomic mass is 10.1. The molecule has 0 atom stereocenters. The lowest BCUT2D eigenvalue weighted by Gasteiger charge is -2.06. The van der Waals surface area contributed by atoms with Gasteiger partial charge in [0.05, 0.1) is 11.4 Å². The van der Waals surface area contributed by atoms with Gasteiger partial charge in [0.15, 0.2) is 5.82 Å². The molecule has 0 aliphatic heterocycles. The number of thioether (sulfide) groups is 1.